The maximum atomic E-state index is 14.0. The number of hydrogen-bond donors (Lipinski definition) is 2. The number of hydrogen-bond acceptors (Lipinski definition) is 3. The monoisotopic (exact) mass is 376 g/mol. The molecule has 6 heteroatoms. The summed E-state index contributed by atoms with van der Waals surface area (Å²) in [7, 11) is 0. The van der Waals surface area contributed by atoms with Crippen LogP contribution >= 0.6 is 11.8 Å². The number of amides is 1. The summed E-state index contributed by atoms with van der Waals surface area (Å²) in [5, 5.41) is 5.64. The van der Waals surface area contributed by atoms with E-state index in [4.69, 9.17) is 0 Å². The predicted molar refractivity (Wildman–Crippen MR) is 100 cm³/mol. The molecule has 1 fully saturated rings. The van der Waals surface area contributed by atoms with E-state index in [9.17, 15) is 13.6 Å². The number of nitrogens with one attached hydrogen (secondary N) is 2. The van der Waals surface area contributed by atoms with Gasteiger partial charge in [0.1, 0.15) is 16.9 Å². The van der Waals surface area contributed by atoms with Gasteiger partial charge in [0.2, 0.25) is 5.91 Å². The van der Waals surface area contributed by atoms with Gasteiger partial charge in [-0.1, -0.05) is 30.3 Å². The molecule has 0 bridgehead atoms. The van der Waals surface area contributed by atoms with Gasteiger partial charge in [0, 0.05) is 11.4 Å². The maximum absolute atomic E-state index is 14.0. The average molecular weight is 376 g/mol. The van der Waals surface area contributed by atoms with E-state index in [-0.39, 0.29) is 10.8 Å². The fourth-order valence-corrected chi connectivity index (χ4v) is 4.15. The molecule has 0 saturated carbocycles. The van der Waals surface area contributed by atoms with Crippen LogP contribution in [0.4, 0.5) is 8.78 Å². The molecular weight excluding hydrogens is 354 g/mol. The van der Waals surface area contributed by atoms with Crippen LogP contribution in [0.15, 0.2) is 53.4 Å². The SMILES string of the molecule is O=C(NCCC1CCNC1)C(Sc1cc(F)ccc1F)c1ccccc1. The second-order valence-corrected chi connectivity index (χ2v) is 7.57. The second-order valence-electron chi connectivity index (χ2n) is 6.42. The van der Waals surface area contributed by atoms with Crippen LogP contribution in [0.5, 0.6) is 0 Å². The number of rotatable bonds is 7. The van der Waals surface area contributed by atoms with Gasteiger partial charge < -0.3 is 10.6 Å². The molecule has 1 aliphatic heterocycles. The zero-order chi connectivity index (χ0) is 18.4. The molecule has 2 unspecified atom stereocenters. The Bertz CT molecular complexity index is 736. The Labute approximate surface area is 156 Å². The molecule has 2 N–H and O–H groups in total. The van der Waals surface area contributed by atoms with Crippen molar-refractivity contribution in [1.29, 1.82) is 0 Å². The van der Waals surface area contributed by atoms with E-state index in [1.165, 1.54) is 0 Å². The first kappa shape index (κ1) is 18.9. The number of carbonyl (C=O) groups is 1. The molecule has 1 amide bonds. The van der Waals surface area contributed by atoms with Crippen molar-refractivity contribution in [2.24, 2.45) is 5.92 Å². The average Bonchev–Trinajstić information content (AvgIpc) is 3.16. The Balaban J connectivity index is 1.70. The van der Waals surface area contributed by atoms with Gasteiger partial charge in [-0.25, -0.2) is 8.78 Å². The minimum Gasteiger partial charge on any atom is -0.355 e. The molecule has 0 spiro atoms. The molecule has 2 atom stereocenters. The third-order valence-electron chi connectivity index (χ3n) is 4.49. The van der Waals surface area contributed by atoms with Crippen LogP contribution in [0.3, 0.4) is 0 Å². The van der Waals surface area contributed by atoms with Gasteiger partial charge in [-0.05, 0) is 55.6 Å². The molecule has 138 valence electrons. The van der Waals surface area contributed by atoms with Crippen LogP contribution in [-0.2, 0) is 4.79 Å². The minimum atomic E-state index is -0.630. The highest BCUT2D eigenvalue weighted by molar-refractivity contribution is 8.00. The van der Waals surface area contributed by atoms with E-state index in [0.29, 0.717) is 12.5 Å². The van der Waals surface area contributed by atoms with Crippen molar-refractivity contribution in [1.82, 2.24) is 10.6 Å². The summed E-state index contributed by atoms with van der Waals surface area (Å²) in [6.07, 6.45) is 2.04. The summed E-state index contributed by atoms with van der Waals surface area (Å²) in [5.41, 5.74) is 0.765. The molecule has 1 heterocycles. The van der Waals surface area contributed by atoms with Crippen molar-refractivity contribution in [2.75, 3.05) is 19.6 Å². The minimum absolute atomic E-state index is 0.133. The van der Waals surface area contributed by atoms with Gasteiger partial charge in [-0.15, -0.1) is 11.8 Å². The first-order valence-corrected chi connectivity index (χ1v) is 9.66. The van der Waals surface area contributed by atoms with Gasteiger partial charge in [-0.2, -0.15) is 0 Å². The van der Waals surface area contributed by atoms with Crippen LogP contribution in [0.25, 0.3) is 0 Å². The lowest BCUT2D eigenvalue weighted by Gasteiger charge is -2.18. The molecule has 26 heavy (non-hydrogen) atoms. The zero-order valence-electron chi connectivity index (χ0n) is 14.4. The number of thioether (sulfide) groups is 1. The molecular formula is C20H22F2N2OS. The highest BCUT2D eigenvalue weighted by atomic mass is 32.2. The van der Waals surface area contributed by atoms with Crippen molar-refractivity contribution < 1.29 is 13.6 Å². The van der Waals surface area contributed by atoms with Crippen LogP contribution in [0.1, 0.15) is 23.7 Å². The summed E-state index contributed by atoms with van der Waals surface area (Å²) in [6, 6.07) is 12.5. The van der Waals surface area contributed by atoms with E-state index in [1.807, 2.05) is 30.3 Å². The molecule has 3 rings (SSSR count). The summed E-state index contributed by atoms with van der Waals surface area (Å²) >= 11 is 1.03. The first-order chi connectivity index (χ1) is 12.6. The molecule has 0 aromatic heterocycles. The van der Waals surface area contributed by atoms with Gasteiger partial charge in [0.25, 0.3) is 0 Å². The van der Waals surface area contributed by atoms with Crippen LogP contribution < -0.4 is 10.6 Å². The van der Waals surface area contributed by atoms with Crippen molar-refractivity contribution in [3.05, 3.63) is 65.7 Å². The zero-order valence-corrected chi connectivity index (χ0v) is 15.2. The highest BCUT2D eigenvalue weighted by Gasteiger charge is 2.24. The molecule has 3 nitrogen and oxygen atoms in total. The van der Waals surface area contributed by atoms with E-state index in [0.717, 1.165) is 61.5 Å². The predicted octanol–water partition coefficient (Wildman–Crippen LogP) is 3.91. The van der Waals surface area contributed by atoms with Gasteiger partial charge in [-0.3, -0.25) is 4.79 Å². The Kier molecular flexibility index (Phi) is 6.63. The maximum Gasteiger partial charge on any atom is 0.237 e. The van der Waals surface area contributed by atoms with Crippen molar-refractivity contribution in [3.63, 3.8) is 0 Å². The lowest BCUT2D eigenvalue weighted by Crippen LogP contribution is -2.30. The highest BCUT2D eigenvalue weighted by Crippen LogP contribution is 2.37. The largest absolute Gasteiger partial charge is 0.355 e. The number of benzene rings is 2. The molecule has 1 saturated heterocycles. The third-order valence-corrected chi connectivity index (χ3v) is 5.78. The molecule has 0 aliphatic carbocycles. The summed E-state index contributed by atoms with van der Waals surface area (Å²) in [4.78, 5) is 12.9. The normalized spacial score (nSPS) is 17.8. The van der Waals surface area contributed by atoms with E-state index >= 15 is 0 Å². The van der Waals surface area contributed by atoms with E-state index in [2.05, 4.69) is 10.6 Å². The van der Waals surface area contributed by atoms with Gasteiger partial charge >= 0.3 is 0 Å². The standard InChI is InChI=1S/C20H22F2N2OS/c21-16-6-7-17(22)18(12-16)26-19(15-4-2-1-3-5-15)20(25)24-11-9-14-8-10-23-13-14/h1-7,12,14,19,23H,8-11,13H2,(H,24,25). The lowest BCUT2D eigenvalue weighted by molar-refractivity contribution is -0.120. The fraction of sp³-hybridized carbons (Fsp3) is 0.350. The lowest BCUT2D eigenvalue weighted by atomic mass is 10.1. The second kappa shape index (κ2) is 9.14. The quantitative estimate of drug-likeness (QED) is 0.720. The van der Waals surface area contributed by atoms with Crippen molar-refractivity contribution in [3.8, 4) is 0 Å². The summed E-state index contributed by atoms with van der Waals surface area (Å²) in [6.45, 7) is 2.60. The van der Waals surface area contributed by atoms with Crippen LogP contribution in [0.2, 0.25) is 0 Å². The molecule has 0 radical (unpaired) electrons. The molecule has 1 aliphatic rings. The smallest absolute Gasteiger partial charge is 0.237 e. The van der Waals surface area contributed by atoms with Crippen molar-refractivity contribution >= 4 is 17.7 Å². The third kappa shape index (κ3) is 5.05. The number of halogens is 2. The van der Waals surface area contributed by atoms with E-state index in [1.54, 1.807) is 0 Å². The molecule has 2 aromatic carbocycles. The number of carbonyl (C=O) groups excluding carboxylic acids is 1. The Hall–Kier alpha value is -1.92. The van der Waals surface area contributed by atoms with E-state index < -0.39 is 16.9 Å². The topological polar surface area (TPSA) is 41.1 Å². The first-order valence-electron chi connectivity index (χ1n) is 8.78. The van der Waals surface area contributed by atoms with Crippen LogP contribution in [-0.4, -0.2) is 25.5 Å². The Morgan fingerprint density at radius 1 is 1.23 bits per heavy atom. The fourth-order valence-electron chi connectivity index (χ4n) is 3.05. The summed E-state index contributed by atoms with van der Waals surface area (Å²) < 4.78 is 27.5. The Morgan fingerprint density at radius 2 is 2.04 bits per heavy atom. The summed E-state index contributed by atoms with van der Waals surface area (Å²) in [5.74, 6) is -0.647. The Morgan fingerprint density at radius 3 is 2.77 bits per heavy atom. The van der Waals surface area contributed by atoms with Crippen molar-refractivity contribution in [2.45, 2.75) is 23.0 Å². The van der Waals surface area contributed by atoms with Crippen LogP contribution in [0, 0.1) is 17.6 Å². The van der Waals surface area contributed by atoms with Gasteiger partial charge in [0.05, 0.1) is 0 Å². The molecule has 2 aromatic rings. The van der Waals surface area contributed by atoms with Gasteiger partial charge in [0.15, 0.2) is 0 Å².